The smallest absolute Gasteiger partial charge is 0.223 e. The predicted octanol–water partition coefficient (Wildman–Crippen LogP) is 2.09. The number of hydrogen-bond donors (Lipinski definition) is 1. The van der Waals surface area contributed by atoms with E-state index in [1.54, 1.807) is 0 Å². The van der Waals surface area contributed by atoms with Crippen LogP contribution in [0, 0.1) is 5.92 Å². The fourth-order valence-corrected chi connectivity index (χ4v) is 1.42. The van der Waals surface area contributed by atoms with Gasteiger partial charge in [-0.1, -0.05) is 20.3 Å². The van der Waals surface area contributed by atoms with Crippen LogP contribution in [0.4, 0.5) is 0 Å². The topological polar surface area (TPSA) is 29.1 Å². The van der Waals surface area contributed by atoms with Gasteiger partial charge in [0.1, 0.15) is 0 Å². The zero-order valence-electron chi connectivity index (χ0n) is 8.10. The van der Waals surface area contributed by atoms with Crippen LogP contribution < -0.4 is 5.32 Å². The summed E-state index contributed by atoms with van der Waals surface area (Å²) in [6.07, 6.45) is 5.50. The van der Waals surface area contributed by atoms with Crippen molar-refractivity contribution in [2.75, 3.05) is 0 Å². The highest BCUT2D eigenvalue weighted by molar-refractivity contribution is 5.79. The van der Waals surface area contributed by atoms with Crippen LogP contribution >= 0.6 is 0 Å². The first-order valence-electron chi connectivity index (χ1n) is 5.08. The molecule has 1 saturated carbocycles. The molecule has 1 aliphatic carbocycles. The minimum Gasteiger partial charge on any atom is -0.353 e. The van der Waals surface area contributed by atoms with Crippen molar-refractivity contribution in [1.29, 1.82) is 0 Å². The van der Waals surface area contributed by atoms with E-state index in [9.17, 15) is 4.79 Å². The molecular formula is C10H19NO. The van der Waals surface area contributed by atoms with Gasteiger partial charge in [0.2, 0.25) is 5.91 Å². The Kier molecular flexibility index (Phi) is 3.57. The van der Waals surface area contributed by atoms with Crippen LogP contribution in [-0.2, 0) is 4.79 Å². The van der Waals surface area contributed by atoms with Crippen LogP contribution in [0.15, 0.2) is 0 Å². The summed E-state index contributed by atoms with van der Waals surface area (Å²) in [7, 11) is 0. The largest absolute Gasteiger partial charge is 0.353 e. The number of nitrogens with one attached hydrogen (secondary N) is 1. The summed E-state index contributed by atoms with van der Waals surface area (Å²) in [5.74, 6) is 0.539. The lowest BCUT2D eigenvalue weighted by Crippen LogP contribution is -2.31. The Bertz CT molecular complexity index is 152. The molecule has 0 aromatic heterocycles. The summed E-state index contributed by atoms with van der Waals surface area (Å²) in [6.45, 7) is 4.22. The predicted molar refractivity (Wildman–Crippen MR) is 49.9 cm³/mol. The number of amides is 1. The summed E-state index contributed by atoms with van der Waals surface area (Å²) in [5.41, 5.74) is 0. The lowest BCUT2D eigenvalue weighted by molar-refractivity contribution is -0.125. The fourth-order valence-electron chi connectivity index (χ4n) is 1.42. The molecule has 1 rings (SSSR count). The average Bonchev–Trinajstić information content (AvgIpc) is 2.83. The van der Waals surface area contributed by atoms with Gasteiger partial charge in [-0.15, -0.1) is 0 Å². The highest BCUT2D eigenvalue weighted by atomic mass is 16.2. The Morgan fingerprint density at radius 3 is 2.58 bits per heavy atom. The highest BCUT2D eigenvalue weighted by Gasteiger charge is 2.25. The second-order valence-electron chi connectivity index (χ2n) is 3.68. The van der Waals surface area contributed by atoms with E-state index in [4.69, 9.17) is 0 Å². The van der Waals surface area contributed by atoms with E-state index < -0.39 is 0 Å². The van der Waals surface area contributed by atoms with Crippen molar-refractivity contribution in [1.82, 2.24) is 5.32 Å². The van der Waals surface area contributed by atoms with Gasteiger partial charge in [0.15, 0.2) is 0 Å². The molecule has 1 fully saturated rings. The number of hydrogen-bond acceptors (Lipinski definition) is 1. The van der Waals surface area contributed by atoms with Gasteiger partial charge in [0, 0.05) is 12.0 Å². The first-order valence-corrected chi connectivity index (χ1v) is 5.08. The summed E-state index contributed by atoms with van der Waals surface area (Å²) >= 11 is 0. The van der Waals surface area contributed by atoms with Gasteiger partial charge < -0.3 is 5.32 Å². The molecule has 0 spiro atoms. The van der Waals surface area contributed by atoms with Crippen molar-refractivity contribution >= 4 is 5.91 Å². The Balaban J connectivity index is 2.24. The van der Waals surface area contributed by atoms with E-state index >= 15 is 0 Å². The Labute approximate surface area is 74.7 Å². The van der Waals surface area contributed by atoms with E-state index in [0.29, 0.717) is 6.04 Å². The summed E-state index contributed by atoms with van der Waals surface area (Å²) in [4.78, 5) is 11.5. The molecule has 1 N–H and O–H groups in total. The maximum absolute atomic E-state index is 11.5. The lowest BCUT2D eigenvalue weighted by atomic mass is 10.00. The number of carbonyl (C=O) groups excluding carboxylic acids is 1. The Morgan fingerprint density at radius 2 is 2.17 bits per heavy atom. The lowest BCUT2D eigenvalue weighted by Gasteiger charge is -2.12. The molecule has 0 saturated heterocycles. The van der Waals surface area contributed by atoms with Crippen molar-refractivity contribution in [3.63, 3.8) is 0 Å². The molecule has 1 amide bonds. The van der Waals surface area contributed by atoms with Crippen LogP contribution in [0.3, 0.4) is 0 Å². The highest BCUT2D eigenvalue weighted by Crippen LogP contribution is 2.20. The maximum Gasteiger partial charge on any atom is 0.223 e. The Hall–Kier alpha value is -0.530. The molecule has 1 aliphatic rings. The third-order valence-corrected chi connectivity index (χ3v) is 2.42. The van der Waals surface area contributed by atoms with Crippen molar-refractivity contribution < 1.29 is 4.79 Å². The van der Waals surface area contributed by atoms with Gasteiger partial charge in [-0.25, -0.2) is 0 Å². The average molecular weight is 169 g/mol. The van der Waals surface area contributed by atoms with Crippen LogP contribution in [0.2, 0.25) is 0 Å². The first kappa shape index (κ1) is 9.56. The van der Waals surface area contributed by atoms with E-state index in [-0.39, 0.29) is 11.8 Å². The van der Waals surface area contributed by atoms with Gasteiger partial charge in [0.25, 0.3) is 0 Å². The summed E-state index contributed by atoms with van der Waals surface area (Å²) in [5, 5.41) is 3.05. The van der Waals surface area contributed by atoms with Gasteiger partial charge in [-0.2, -0.15) is 0 Å². The minimum atomic E-state index is 0.260. The third-order valence-electron chi connectivity index (χ3n) is 2.42. The molecule has 2 nitrogen and oxygen atoms in total. The van der Waals surface area contributed by atoms with Gasteiger partial charge in [-0.05, 0) is 25.7 Å². The Morgan fingerprint density at radius 1 is 1.50 bits per heavy atom. The van der Waals surface area contributed by atoms with Gasteiger partial charge in [-0.3, -0.25) is 4.79 Å². The van der Waals surface area contributed by atoms with Crippen LogP contribution in [-0.4, -0.2) is 11.9 Å². The summed E-state index contributed by atoms with van der Waals surface area (Å²) in [6, 6.07) is 0.517. The van der Waals surface area contributed by atoms with E-state index in [1.807, 2.05) is 0 Å². The monoisotopic (exact) mass is 169 g/mol. The molecule has 0 aromatic rings. The minimum absolute atomic E-state index is 0.260. The first-order chi connectivity index (χ1) is 5.77. The molecule has 0 heterocycles. The normalized spacial score (nSPS) is 18.8. The number of rotatable bonds is 5. The second-order valence-corrected chi connectivity index (χ2v) is 3.68. The van der Waals surface area contributed by atoms with E-state index in [1.165, 1.54) is 12.8 Å². The van der Waals surface area contributed by atoms with Crippen LogP contribution in [0.25, 0.3) is 0 Å². The molecular weight excluding hydrogens is 150 g/mol. The van der Waals surface area contributed by atoms with Crippen molar-refractivity contribution in [2.24, 2.45) is 5.92 Å². The van der Waals surface area contributed by atoms with Crippen molar-refractivity contribution in [3.8, 4) is 0 Å². The third kappa shape index (κ3) is 2.84. The second kappa shape index (κ2) is 4.48. The molecule has 2 heteroatoms. The van der Waals surface area contributed by atoms with Crippen LogP contribution in [0.5, 0.6) is 0 Å². The van der Waals surface area contributed by atoms with Crippen LogP contribution in [0.1, 0.15) is 46.0 Å². The van der Waals surface area contributed by atoms with E-state index in [0.717, 1.165) is 19.3 Å². The van der Waals surface area contributed by atoms with Gasteiger partial charge in [0.05, 0.1) is 0 Å². The summed E-state index contributed by atoms with van der Waals surface area (Å²) < 4.78 is 0. The molecule has 0 radical (unpaired) electrons. The van der Waals surface area contributed by atoms with Gasteiger partial charge >= 0.3 is 0 Å². The SMILES string of the molecule is CCCC(CC)C(=O)NC1CC1. The molecule has 0 aromatic carbocycles. The van der Waals surface area contributed by atoms with Crippen molar-refractivity contribution in [2.45, 2.75) is 52.0 Å². The van der Waals surface area contributed by atoms with Crippen molar-refractivity contribution in [3.05, 3.63) is 0 Å². The molecule has 1 unspecified atom stereocenters. The maximum atomic E-state index is 11.5. The molecule has 0 aliphatic heterocycles. The number of carbonyl (C=O) groups is 1. The quantitative estimate of drug-likeness (QED) is 0.671. The molecule has 70 valence electrons. The van der Waals surface area contributed by atoms with E-state index in [2.05, 4.69) is 19.2 Å². The molecule has 0 bridgehead atoms. The fraction of sp³-hybridized carbons (Fsp3) is 0.900. The zero-order chi connectivity index (χ0) is 8.97. The standard InChI is InChI=1S/C10H19NO/c1-3-5-8(4-2)10(12)11-9-6-7-9/h8-9H,3-7H2,1-2H3,(H,11,12). The molecule has 12 heavy (non-hydrogen) atoms. The zero-order valence-corrected chi connectivity index (χ0v) is 8.10. The molecule has 1 atom stereocenters.